The predicted molar refractivity (Wildman–Crippen MR) is 105 cm³/mol. The highest BCUT2D eigenvalue weighted by molar-refractivity contribution is 8.00. The highest BCUT2D eigenvalue weighted by atomic mass is 32.2. The second-order valence-electron chi connectivity index (χ2n) is 7.39. The van der Waals surface area contributed by atoms with Gasteiger partial charge in [-0.15, -0.1) is 11.8 Å². The molecule has 1 aromatic heterocycles. The number of thioether (sulfide) groups is 1. The first kappa shape index (κ1) is 17.6. The van der Waals surface area contributed by atoms with Crippen LogP contribution in [0.2, 0.25) is 0 Å². The molecule has 5 nitrogen and oxygen atoms in total. The molecule has 2 aliphatic rings. The van der Waals surface area contributed by atoms with Gasteiger partial charge in [-0.25, -0.2) is 0 Å². The van der Waals surface area contributed by atoms with Crippen LogP contribution in [0.3, 0.4) is 0 Å². The minimum Gasteiger partial charge on any atom is -0.337 e. The molecule has 6 heteroatoms. The Kier molecular flexibility index (Phi) is 5.05. The Labute approximate surface area is 159 Å². The molecule has 2 aromatic rings. The fourth-order valence-electron chi connectivity index (χ4n) is 3.80. The molecular formula is C20H26N4OS. The van der Waals surface area contributed by atoms with Crippen molar-refractivity contribution in [2.24, 2.45) is 0 Å². The zero-order chi connectivity index (χ0) is 18.1. The Morgan fingerprint density at radius 1 is 1.23 bits per heavy atom. The molecular weight excluding hydrogens is 344 g/mol. The SMILES string of the molecule is Cc1ccccc1SC1CCN(C(=O)c2n[nH]c3c2CN(C)CC3)CC1. The first-order valence-corrected chi connectivity index (χ1v) is 10.3. The van der Waals surface area contributed by atoms with Crippen LogP contribution < -0.4 is 0 Å². The average molecular weight is 371 g/mol. The van der Waals surface area contributed by atoms with Gasteiger partial charge in [0.05, 0.1) is 0 Å². The van der Waals surface area contributed by atoms with Crippen LogP contribution in [-0.2, 0) is 13.0 Å². The molecule has 1 aromatic carbocycles. The van der Waals surface area contributed by atoms with Crippen LogP contribution >= 0.6 is 11.8 Å². The van der Waals surface area contributed by atoms with Crippen molar-refractivity contribution in [3.05, 3.63) is 46.8 Å². The fraction of sp³-hybridized carbons (Fsp3) is 0.500. The standard InChI is InChI=1S/C20H26N4OS/c1-14-5-3-4-6-18(14)26-15-7-11-24(12-8-15)20(25)19-16-13-23(2)10-9-17(16)21-22-19/h3-6,15H,7-13H2,1-2H3,(H,21,22). The van der Waals surface area contributed by atoms with Gasteiger partial charge in [-0.2, -0.15) is 5.10 Å². The number of hydrogen-bond acceptors (Lipinski definition) is 4. The largest absolute Gasteiger partial charge is 0.337 e. The molecule has 2 aliphatic heterocycles. The molecule has 0 saturated carbocycles. The smallest absolute Gasteiger partial charge is 0.274 e. The molecule has 0 aliphatic carbocycles. The first-order chi connectivity index (χ1) is 12.6. The summed E-state index contributed by atoms with van der Waals surface area (Å²) < 4.78 is 0. The number of carbonyl (C=O) groups excluding carboxylic acids is 1. The molecule has 0 bridgehead atoms. The van der Waals surface area contributed by atoms with Gasteiger partial charge in [0, 0.05) is 54.0 Å². The van der Waals surface area contributed by atoms with E-state index in [2.05, 4.69) is 53.3 Å². The van der Waals surface area contributed by atoms with Crippen molar-refractivity contribution in [2.45, 2.75) is 42.9 Å². The van der Waals surface area contributed by atoms with Gasteiger partial charge in [-0.3, -0.25) is 9.89 Å². The number of H-pyrrole nitrogens is 1. The fourth-order valence-corrected chi connectivity index (χ4v) is 5.02. The number of amides is 1. The third-order valence-electron chi connectivity index (χ3n) is 5.44. The number of piperidine rings is 1. The topological polar surface area (TPSA) is 52.2 Å². The van der Waals surface area contributed by atoms with Crippen LogP contribution in [-0.4, -0.2) is 57.8 Å². The highest BCUT2D eigenvalue weighted by Crippen LogP contribution is 2.32. The van der Waals surface area contributed by atoms with E-state index < -0.39 is 0 Å². The third kappa shape index (κ3) is 3.53. The molecule has 0 unspecified atom stereocenters. The molecule has 0 atom stereocenters. The van der Waals surface area contributed by atoms with Crippen LogP contribution in [0, 0.1) is 6.92 Å². The molecule has 1 fully saturated rings. The normalized spacial score (nSPS) is 18.8. The summed E-state index contributed by atoms with van der Waals surface area (Å²) in [7, 11) is 2.10. The van der Waals surface area contributed by atoms with Gasteiger partial charge < -0.3 is 9.80 Å². The Morgan fingerprint density at radius 2 is 2.00 bits per heavy atom. The summed E-state index contributed by atoms with van der Waals surface area (Å²) >= 11 is 1.96. The number of likely N-dealkylation sites (N-methyl/N-ethyl adjacent to an activating group) is 1. The molecule has 1 saturated heterocycles. The molecule has 1 amide bonds. The number of rotatable bonds is 3. The predicted octanol–water partition coefficient (Wildman–Crippen LogP) is 3.10. The van der Waals surface area contributed by atoms with E-state index in [9.17, 15) is 4.79 Å². The van der Waals surface area contributed by atoms with Crippen molar-refractivity contribution in [2.75, 3.05) is 26.7 Å². The Balaban J connectivity index is 1.38. The summed E-state index contributed by atoms with van der Waals surface area (Å²) in [5.41, 5.74) is 4.21. The second-order valence-corrected chi connectivity index (χ2v) is 8.73. The summed E-state index contributed by atoms with van der Waals surface area (Å²) in [4.78, 5) is 18.6. The number of benzene rings is 1. The number of fused-ring (bicyclic) bond motifs is 1. The summed E-state index contributed by atoms with van der Waals surface area (Å²) in [6.07, 6.45) is 3.02. The van der Waals surface area contributed by atoms with Crippen LogP contribution in [0.1, 0.15) is 40.2 Å². The number of aryl methyl sites for hydroxylation is 1. The van der Waals surface area contributed by atoms with E-state index in [1.54, 1.807) is 0 Å². The van der Waals surface area contributed by atoms with Crippen molar-refractivity contribution in [3.63, 3.8) is 0 Å². The van der Waals surface area contributed by atoms with Crippen molar-refractivity contribution in [1.29, 1.82) is 0 Å². The number of hydrogen-bond donors (Lipinski definition) is 1. The summed E-state index contributed by atoms with van der Waals surface area (Å²) in [6.45, 7) is 5.63. The summed E-state index contributed by atoms with van der Waals surface area (Å²) in [5.74, 6) is 0.0946. The van der Waals surface area contributed by atoms with Gasteiger partial charge in [0.1, 0.15) is 0 Å². The summed E-state index contributed by atoms with van der Waals surface area (Å²) in [6, 6.07) is 8.55. The van der Waals surface area contributed by atoms with E-state index in [0.717, 1.165) is 56.7 Å². The van der Waals surface area contributed by atoms with Crippen molar-refractivity contribution in [3.8, 4) is 0 Å². The lowest BCUT2D eigenvalue weighted by Gasteiger charge is -2.32. The quantitative estimate of drug-likeness (QED) is 0.902. The number of aromatic nitrogens is 2. The molecule has 26 heavy (non-hydrogen) atoms. The Hall–Kier alpha value is -1.79. The van der Waals surface area contributed by atoms with E-state index in [1.165, 1.54) is 10.5 Å². The van der Waals surface area contributed by atoms with E-state index in [4.69, 9.17) is 0 Å². The lowest BCUT2D eigenvalue weighted by Crippen LogP contribution is -2.40. The van der Waals surface area contributed by atoms with Crippen molar-refractivity contribution < 1.29 is 4.79 Å². The molecule has 1 N–H and O–H groups in total. The Bertz CT molecular complexity index is 795. The molecule has 0 radical (unpaired) electrons. The Morgan fingerprint density at radius 3 is 2.77 bits per heavy atom. The lowest BCUT2D eigenvalue weighted by molar-refractivity contribution is 0.0719. The molecule has 138 valence electrons. The maximum Gasteiger partial charge on any atom is 0.274 e. The van der Waals surface area contributed by atoms with Crippen LogP contribution in [0.25, 0.3) is 0 Å². The molecule has 4 rings (SSSR count). The van der Waals surface area contributed by atoms with E-state index in [0.29, 0.717) is 10.9 Å². The summed E-state index contributed by atoms with van der Waals surface area (Å²) in [5, 5.41) is 8.03. The zero-order valence-electron chi connectivity index (χ0n) is 15.5. The number of aromatic amines is 1. The van der Waals surface area contributed by atoms with Crippen molar-refractivity contribution >= 4 is 17.7 Å². The zero-order valence-corrected chi connectivity index (χ0v) is 16.3. The first-order valence-electron chi connectivity index (χ1n) is 9.38. The van der Waals surface area contributed by atoms with Crippen LogP contribution in [0.5, 0.6) is 0 Å². The number of likely N-dealkylation sites (tertiary alicyclic amines) is 1. The maximum atomic E-state index is 13.0. The lowest BCUT2D eigenvalue weighted by atomic mass is 10.0. The highest BCUT2D eigenvalue weighted by Gasteiger charge is 2.30. The average Bonchev–Trinajstić information content (AvgIpc) is 3.06. The number of carbonyl (C=O) groups is 1. The monoisotopic (exact) mass is 370 g/mol. The van der Waals surface area contributed by atoms with Gasteiger partial charge >= 0.3 is 0 Å². The van der Waals surface area contributed by atoms with E-state index in [1.807, 2.05) is 16.7 Å². The van der Waals surface area contributed by atoms with E-state index in [-0.39, 0.29) is 5.91 Å². The van der Waals surface area contributed by atoms with Crippen LogP contribution in [0.4, 0.5) is 0 Å². The minimum absolute atomic E-state index is 0.0946. The number of nitrogens with zero attached hydrogens (tertiary/aromatic N) is 3. The third-order valence-corrected chi connectivity index (χ3v) is 6.96. The van der Waals surface area contributed by atoms with Gasteiger partial charge in [-0.1, -0.05) is 18.2 Å². The number of nitrogens with one attached hydrogen (secondary N) is 1. The minimum atomic E-state index is 0.0946. The van der Waals surface area contributed by atoms with Gasteiger partial charge in [0.25, 0.3) is 5.91 Å². The van der Waals surface area contributed by atoms with Gasteiger partial charge in [0.2, 0.25) is 0 Å². The maximum absolute atomic E-state index is 13.0. The van der Waals surface area contributed by atoms with Gasteiger partial charge in [-0.05, 0) is 38.4 Å². The molecule has 3 heterocycles. The van der Waals surface area contributed by atoms with Crippen molar-refractivity contribution in [1.82, 2.24) is 20.0 Å². The van der Waals surface area contributed by atoms with Crippen LogP contribution in [0.15, 0.2) is 29.2 Å². The molecule has 0 spiro atoms. The second kappa shape index (κ2) is 7.45. The van der Waals surface area contributed by atoms with E-state index >= 15 is 0 Å². The van der Waals surface area contributed by atoms with Gasteiger partial charge in [0.15, 0.2) is 5.69 Å².